The van der Waals surface area contributed by atoms with Crippen molar-refractivity contribution in [2.24, 2.45) is 5.29 Å². The SMILES string of the molecule is CN(N=O)c1ncc2[nH]cnc2n1. The number of nitroso groups, excluding NO2 is 1. The molecule has 0 bridgehead atoms. The van der Waals surface area contributed by atoms with Gasteiger partial charge in [-0.15, -0.1) is 4.91 Å². The van der Waals surface area contributed by atoms with Crippen molar-refractivity contribution >= 4 is 17.1 Å². The molecule has 0 aliphatic carbocycles. The van der Waals surface area contributed by atoms with E-state index in [0.717, 1.165) is 10.5 Å². The van der Waals surface area contributed by atoms with Crippen LogP contribution in [0.5, 0.6) is 0 Å². The van der Waals surface area contributed by atoms with Crippen molar-refractivity contribution in [3.63, 3.8) is 0 Å². The molecule has 0 atom stereocenters. The van der Waals surface area contributed by atoms with E-state index in [4.69, 9.17) is 0 Å². The zero-order chi connectivity index (χ0) is 9.26. The fraction of sp³-hybridized carbons (Fsp3) is 0.167. The lowest BCUT2D eigenvalue weighted by molar-refractivity contribution is 0.930. The molecule has 0 radical (unpaired) electrons. The summed E-state index contributed by atoms with van der Waals surface area (Å²) in [5.41, 5.74) is 1.24. The molecule has 1 N–H and O–H groups in total. The maximum Gasteiger partial charge on any atom is 0.250 e. The molecule has 0 saturated carbocycles. The minimum absolute atomic E-state index is 0.231. The molecule has 0 aliphatic heterocycles. The molecule has 7 heteroatoms. The lowest BCUT2D eigenvalue weighted by Gasteiger charge is -2.03. The number of rotatable bonds is 2. The van der Waals surface area contributed by atoms with Crippen LogP contribution in [-0.4, -0.2) is 27.0 Å². The van der Waals surface area contributed by atoms with E-state index in [9.17, 15) is 4.91 Å². The van der Waals surface area contributed by atoms with Gasteiger partial charge in [-0.3, -0.25) is 0 Å². The van der Waals surface area contributed by atoms with Gasteiger partial charge in [0.15, 0.2) is 5.65 Å². The van der Waals surface area contributed by atoms with Gasteiger partial charge in [-0.05, 0) is 0 Å². The summed E-state index contributed by atoms with van der Waals surface area (Å²) in [7, 11) is 1.47. The molecule has 2 aromatic rings. The molecule has 0 aliphatic rings. The van der Waals surface area contributed by atoms with Crippen LogP contribution in [0.2, 0.25) is 0 Å². The van der Waals surface area contributed by atoms with Gasteiger partial charge >= 0.3 is 0 Å². The second-order valence-corrected chi connectivity index (χ2v) is 2.42. The second-order valence-electron chi connectivity index (χ2n) is 2.42. The summed E-state index contributed by atoms with van der Waals surface area (Å²) < 4.78 is 0. The minimum atomic E-state index is 0.231. The predicted octanol–water partition coefficient (Wildman–Crippen LogP) is 0.470. The Hall–Kier alpha value is -2.05. The van der Waals surface area contributed by atoms with Crippen LogP contribution >= 0.6 is 0 Å². The number of imidazole rings is 1. The van der Waals surface area contributed by atoms with Crippen molar-refractivity contribution in [1.29, 1.82) is 0 Å². The van der Waals surface area contributed by atoms with Gasteiger partial charge < -0.3 is 4.98 Å². The first-order valence-electron chi connectivity index (χ1n) is 3.54. The second kappa shape index (κ2) is 2.77. The number of aromatic amines is 1. The van der Waals surface area contributed by atoms with Crippen LogP contribution in [-0.2, 0) is 0 Å². The van der Waals surface area contributed by atoms with Crippen LogP contribution in [0.4, 0.5) is 5.95 Å². The lowest BCUT2D eigenvalue weighted by Crippen LogP contribution is -2.10. The summed E-state index contributed by atoms with van der Waals surface area (Å²) >= 11 is 0. The smallest absolute Gasteiger partial charge is 0.250 e. The summed E-state index contributed by atoms with van der Waals surface area (Å²) in [6.07, 6.45) is 3.06. The standard InChI is InChI=1S/C6H6N6O/c1-12(11-13)6-7-2-4-5(10-6)9-3-8-4/h2-3H,1H3,(H,7,8,9,10). The zero-order valence-electron chi connectivity index (χ0n) is 6.80. The van der Waals surface area contributed by atoms with Gasteiger partial charge in [-0.25, -0.2) is 9.97 Å². The van der Waals surface area contributed by atoms with Crippen LogP contribution in [0.25, 0.3) is 11.2 Å². The maximum atomic E-state index is 10.1. The number of hydrogen-bond acceptors (Lipinski definition) is 5. The van der Waals surface area contributed by atoms with Crippen molar-refractivity contribution in [2.75, 3.05) is 12.1 Å². The number of nitrogens with one attached hydrogen (secondary N) is 1. The van der Waals surface area contributed by atoms with E-state index in [1.54, 1.807) is 6.20 Å². The number of anilines is 1. The van der Waals surface area contributed by atoms with E-state index >= 15 is 0 Å². The van der Waals surface area contributed by atoms with Crippen molar-refractivity contribution < 1.29 is 0 Å². The van der Waals surface area contributed by atoms with Crippen LogP contribution in [0.15, 0.2) is 17.8 Å². The molecule has 2 aromatic heterocycles. The Balaban J connectivity index is 2.53. The van der Waals surface area contributed by atoms with Crippen molar-refractivity contribution in [2.45, 2.75) is 0 Å². The van der Waals surface area contributed by atoms with E-state index in [2.05, 4.69) is 25.2 Å². The maximum absolute atomic E-state index is 10.1. The molecular formula is C6H6N6O. The largest absolute Gasteiger partial charge is 0.342 e. The highest BCUT2D eigenvalue weighted by Crippen LogP contribution is 2.09. The van der Waals surface area contributed by atoms with E-state index in [-0.39, 0.29) is 5.95 Å². The number of aromatic nitrogens is 4. The number of H-pyrrole nitrogens is 1. The van der Waals surface area contributed by atoms with Crippen molar-refractivity contribution in [3.8, 4) is 0 Å². The van der Waals surface area contributed by atoms with Crippen LogP contribution in [0.1, 0.15) is 0 Å². The molecule has 0 spiro atoms. The molecule has 2 rings (SSSR count). The van der Waals surface area contributed by atoms with E-state index in [0.29, 0.717) is 5.65 Å². The Morgan fingerprint density at radius 3 is 3.15 bits per heavy atom. The van der Waals surface area contributed by atoms with Crippen LogP contribution in [0, 0.1) is 4.91 Å². The summed E-state index contributed by atoms with van der Waals surface area (Å²) in [5, 5.41) is 3.71. The fourth-order valence-corrected chi connectivity index (χ4v) is 0.919. The van der Waals surface area contributed by atoms with Gasteiger partial charge in [0, 0.05) is 7.05 Å². The van der Waals surface area contributed by atoms with Gasteiger partial charge in [-0.1, -0.05) is 0 Å². The van der Waals surface area contributed by atoms with Crippen molar-refractivity contribution in [1.82, 2.24) is 19.9 Å². The number of hydrogen-bond donors (Lipinski definition) is 1. The molecular weight excluding hydrogens is 172 g/mol. The summed E-state index contributed by atoms with van der Waals surface area (Å²) in [6.45, 7) is 0. The lowest BCUT2D eigenvalue weighted by atomic mass is 10.6. The van der Waals surface area contributed by atoms with Crippen LogP contribution in [0.3, 0.4) is 0 Å². The minimum Gasteiger partial charge on any atom is -0.342 e. The molecule has 66 valence electrons. The Morgan fingerprint density at radius 1 is 1.54 bits per heavy atom. The topological polar surface area (TPSA) is 87.1 Å². The third kappa shape index (κ3) is 1.19. The molecule has 0 aromatic carbocycles. The number of nitrogens with zero attached hydrogens (tertiary/aromatic N) is 5. The highest BCUT2D eigenvalue weighted by molar-refractivity contribution is 5.69. The Kier molecular flexibility index (Phi) is 1.62. The van der Waals surface area contributed by atoms with E-state index in [1.165, 1.54) is 13.4 Å². The van der Waals surface area contributed by atoms with Gasteiger partial charge in [0.25, 0.3) is 5.95 Å². The molecule has 0 saturated heterocycles. The average Bonchev–Trinajstić information content (AvgIpc) is 2.63. The normalized spacial score (nSPS) is 10.2. The Bertz CT molecular complexity index is 437. The first-order valence-corrected chi connectivity index (χ1v) is 3.54. The summed E-state index contributed by atoms with van der Waals surface area (Å²) in [5.74, 6) is 0.231. The highest BCUT2D eigenvalue weighted by atomic mass is 16.3. The molecule has 7 nitrogen and oxygen atoms in total. The third-order valence-electron chi connectivity index (χ3n) is 1.57. The van der Waals surface area contributed by atoms with E-state index < -0.39 is 0 Å². The molecule has 0 amide bonds. The van der Waals surface area contributed by atoms with E-state index in [1.807, 2.05) is 0 Å². The van der Waals surface area contributed by atoms with Gasteiger partial charge in [0.1, 0.15) is 5.52 Å². The quantitative estimate of drug-likeness (QED) is 0.533. The van der Waals surface area contributed by atoms with Crippen LogP contribution < -0.4 is 5.01 Å². The molecule has 2 heterocycles. The fourth-order valence-electron chi connectivity index (χ4n) is 0.919. The van der Waals surface area contributed by atoms with Crippen molar-refractivity contribution in [3.05, 3.63) is 17.4 Å². The van der Waals surface area contributed by atoms with Gasteiger partial charge in [0.05, 0.1) is 17.8 Å². The summed E-state index contributed by atoms with van der Waals surface area (Å²) in [6, 6.07) is 0. The molecule has 0 fully saturated rings. The monoisotopic (exact) mass is 178 g/mol. The third-order valence-corrected chi connectivity index (χ3v) is 1.57. The average molecular weight is 178 g/mol. The number of fused-ring (bicyclic) bond motifs is 1. The first-order chi connectivity index (χ1) is 6.31. The Morgan fingerprint density at radius 2 is 2.38 bits per heavy atom. The zero-order valence-corrected chi connectivity index (χ0v) is 6.80. The Labute approximate surface area is 72.8 Å². The first kappa shape index (κ1) is 7.59. The van der Waals surface area contributed by atoms with Gasteiger partial charge in [0.2, 0.25) is 0 Å². The molecule has 0 unspecified atom stereocenters. The molecule has 13 heavy (non-hydrogen) atoms. The van der Waals surface area contributed by atoms with Gasteiger partial charge in [-0.2, -0.15) is 9.99 Å². The predicted molar refractivity (Wildman–Crippen MR) is 45.9 cm³/mol. The summed E-state index contributed by atoms with van der Waals surface area (Å²) in [4.78, 5) is 24.8. The highest BCUT2D eigenvalue weighted by Gasteiger charge is 2.05.